The second kappa shape index (κ2) is 6.65. The number of hydrogen-bond donors (Lipinski definition) is 4. The molecule has 5 heteroatoms. The average molecular weight is 364 g/mol. The maximum Gasteiger partial charge on any atom is 0.226 e. The van der Waals surface area contributed by atoms with Crippen LogP contribution in [-0.2, 0) is 4.79 Å². The molecule has 4 N–H and O–H groups in total. The second-order valence-corrected chi connectivity index (χ2v) is 7.66. The lowest BCUT2D eigenvalue weighted by atomic mass is 9.76. The van der Waals surface area contributed by atoms with Crippen LogP contribution in [0.3, 0.4) is 0 Å². The van der Waals surface area contributed by atoms with E-state index in [1.54, 1.807) is 12.1 Å². The number of nitrogens with one attached hydrogen (secondary N) is 2. The maximum atomic E-state index is 12.0. The molecule has 1 aliphatic heterocycles. The Morgan fingerprint density at radius 1 is 1.15 bits per heavy atom. The molecule has 4 rings (SSSR count). The summed E-state index contributed by atoms with van der Waals surface area (Å²) in [7, 11) is 0. The van der Waals surface area contributed by atoms with E-state index in [4.69, 9.17) is 0 Å². The van der Waals surface area contributed by atoms with Crippen molar-refractivity contribution in [3.8, 4) is 11.5 Å². The highest BCUT2D eigenvalue weighted by Crippen LogP contribution is 2.51. The Balaban J connectivity index is 1.69. The number of fused-ring (bicyclic) bond motifs is 3. The first-order valence-electron chi connectivity index (χ1n) is 9.34. The summed E-state index contributed by atoms with van der Waals surface area (Å²) in [6.45, 7) is 3.75. The zero-order valence-electron chi connectivity index (χ0n) is 15.4. The van der Waals surface area contributed by atoms with Crippen LogP contribution in [-0.4, -0.2) is 16.1 Å². The Morgan fingerprint density at radius 2 is 1.96 bits per heavy atom. The normalized spacial score (nSPS) is 22.9. The van der Waals surface area contributed by atoms with Gasteiger partial charge < -0.3 is 20.8 Å². The highest BCUT2D eigenvalue weighted by molar-refractivity contribution is 5.92. The van der Waals surface area contributed by atoms with Gasteiger partial charge in [-0.2, -0.15) is 0 Å². The first kappa shape index (κ1) is 17.5. The summed E-state index contributed by atoms with van der Waals surface area (Å²) in [5.74, 6) is 0.574. The van der Waals surface area contributed by atoms with Gasteiger partial charge in [0.15, 0.2) is 0 Å². The Hall–Kier alpha value is -2.95. The lowest BCUT2D eigenvalue weighted by Gasteiger charge is -2.38. The van der Waals surface area contributed by atoms with Gasteiger partial charge in [0, 0.05) is 34.8 Å². The minimum atomic E-state index is -0.0693. The predicted octanol–water partition coefficient (Wildman–Crippen LogP) is 4.52. The van der Waals surface area contributed by atoms with E-state index in [1.807, 2.05) is 32.0 Å². The number of benzene rings is 2. The summed E-state index contributed by atoms with van der Waals surface area (Å²) < 4.78 is 0. The molecule has 1 amide bonds. The number of amides is 1. The number of hydrogen-bond acceptors (Lipinski definition) is 4. The number of phenolic OH excluding ortho intramolecular Hbond substituents is 2. The number of anilines is 2. The molecule has 0 bridgehead atoms. The van der Waals surface area contributed by atoms with Crippen LogP contribution < -0.4 is 10.6 Å². The van der Waals surface area contributed by atoms with Gasteiger partial charge in [-0.15, -0.1) is 0 Å². The molecule has 3 unspecified atom stereocenters. The molecule has 0 saturated heterocycles. The van der Waals surface area contributed by atoms with E-state index in [1.165, 1.54) is 6.07 Å². The molecule has 2 aromatic carbocycles. The molecule has 1 heterocycles. The summed E-state index contributed by atoms with van der Waals surface area (Å²) in [4.78, 5) is 12.0. The summed E-state index contributed by atoms with van der Waals surface area (Å²) in [5, 5.41) is 26.5. The predicted molar refractivity (Wildman–Crippen MR) is 106 cm³/mol. The summed E-state index contributed by atoms with van der Waals surface area (Å²) in [6.07, 6.45) is 5.30. The molecule has 27 heavy (non-hydrogen) atoms. The van der Waals surface area contributed by atoms with Crippen LogP contribution in [0.2, 0.25) is 0 Å². The average Bonchev–Trinajstić information content (AvgIpc) is 3.11. The van der Waals surface area contributed by atoms with Crippen molar-refractivity contribution in [1.82, 2.24) is 0 Å². The third-order valence-corrected chi connectivity index (χ3v) is 5.50. The number of phenols is 2. The number of allylic oxidation sites excluding steroid dienone is 2. The van der Waals surface area contributed by atoms with Crippen molar-refractivity contribution >= 4 is 17.3 Å². The minimum Gasteiger partial charge on any atom is -0.508 e. The summed E-state index contributed by atoms with van der Waals surface area (Å²) in [5.41, 5.74) is 3.75. The Morgan fingerprint density at radius 3 is 2.70 bits per heavy atom. The number of aromatic hydroxyl groups is 2. The van der Waals surface area contributed by atoms with Crippen LogP contribution in [0.5, 0.6) is 11.5 Å². The molecule has 0 radical (unpaired) electrons. The highest BCUT2D eigenvalue weighted by Gasteiger charge is 2.39. The molecule has 0 saturated carbocycles. The topological polar surface area (TPSA) is 81.6 Å². The monoisotopic (exact) mass is 364 g/mol. The lowest BCUT2D eigenvalue weighted by molar-refractivity contribution is -0.118. The van der Waals surface area contributed by atoms with Crippen molar-refractivity contribution in [3.05, 3.63) is 59.7 Å². The lowest BCUT2D eigenvalue weighted by Crippen LogP contribution is -2.29. The van der Waals surface area contributed by atoms with Crippen molar-refractivity contribution in [2.24, 2.45) is 11.8 Å². The van der Waals surface area contributed by atoms with Gasteiger partial charge in [-0.1, -0.05) is 26.0 Å². The standard InChI is InChI=1S/C22H24N2O3/c1-12(2)22(27)23-13-6-9-19-18(10-13)15-4-3-5-16(15)21(24-19)17-8-7-14(25)11-20(17)26/h3-4,6-12,15-16,21,24-26H,5H2,1-2H3,(H,23,27). The Kier molecular flexibility index (Phi) is 4.30. The van der Waals surface area contributed by atoms with E-state index >= 15 is 0 Å². The van der Waals surface area contributed by atoms with Crippen molar-refractivity contribution in [2.75, 3.05) is 10.6 Å². The third-order valence-electron chi connectivity index (χ3n) is 5.50. The van der Waals surface area contributed by atoms with Gasteiger partial charge in [0.1, 0.15) is 11.5 Å². The number of carbonyl (C=O) groups is 1. The van der Waals surface area contributed by atoms with E-state index in [2.05, 4.69) is 22.8 Å². The van der Waals surface area contributed by atoms with Crippen LogP contribution in [0, 0.1) is 11.8 Å². The van der Waals surface area contributed by atoms with E-state index in [0.717, 1.165) is 28.9 Å². The number of rotatable bonds is 3. The van der Waals surface area contributed by atoms with Crippen molar-refractivity contribution in [2.45, 2.75) is 32.2 Å². The first-order valence-corrected chi connectivity index (χ1v) is 9.34. The zero-order valence-corrected chi connectivity index (χ0v) is 15.4. The highest BCUT2D eigenvalue weighted by atomic mass is 16.3. The van der Waals surface area contributed by atoms with Crippen molar-refractivity contribution in [1.29, 1.82) is 0 Å². The number of carbonyl (C=O) groups excluding carboxylic acids is 1. The minimum absolute atomic E-state index is 0.00382. The molecule has 2 aliphatic rings. The van der Waals surface area contributed by atoms with Crippen molar-refractivity contribution < 1.29 is 15.0 Å². The van der Waals surface area contributed by atoms with Crippen LogP contribution >= 0.6 is 0 Å². The van der Waals surface area contributed by atoms with Crippen molar-refractivity contribution in [3.63, 3.8) is 0 Å². The van der Waals surface area contributed by atoms with Crippen LogP contribution in [0.4, 0.5) is 11.4 Å². The van der Waals surface area contributed by atoms with Crippen LogP contribution in [0.1, 0.15) is 43.4 Å². The molecule has 0 aromatic heterocycles. The molecule has 5 nitrogen and oxygen atoms in total. The van der Waals surface area contributed by atoms with Crippen LogP contribution in [0.15, 0.2) is 48.6 Å². The molecular formula is C22H24N2O3. The molecule has 1 aliphatic carbocycles. The van der Waals surface area contributed by atoms with Gasteiger partial charge in [-0.25, -0.2) is 0 Å². The van der Waals surface area contributed by atoms with Gasteiger partial charge in [-0.3, -0.25) is 4.79 Å². The van der Waals surface area contributed by atoms with E-state index < -0.39 is 0 Å². The third kappa shape index (κ3) is 3.14. The van der Waals surface area contributed by atoms with E-state index in [-0.39, 0.29) is 41.2 Å². The molecule has 0 fully saturated rings. The molecule has 0 spiro atoms. The molecular weight excluding hydrogens is 340 g/mol. The van der Waals surface area contributed by atoms with Gasteiger partial charge in [0.2, 0.25) is 5.91 Å². The molecule has 2 aromatic rings. The molecule has 3 atom stereocenters. The maximum absolute atomic E-state index is 12.0. The fourth-order valence-electron chi connectivity index (χ4n) is 4.06. The molecule has 140 valence electrons. The SMILES string of the molecule is CC(C)C(=O)Nc1ccc2c(c1)C1C=CCC1C(c1ccc(O)cc1O)N2. The Bertz CT molecular complexity index is 920. The largest absolute Gasteiger partial charge is 0.508 e. The fraction of sp³-hybridized carbons (Fsp3) is 0.318. The second-order valence-electron chi connectivity index (χ2n) is 7.66. The van der Waals surface area contributed by atoms with E-state index in [0.29, 0.717) is 0 Å². The Labute approximate surface area is 158 Å². The summed E-state index contributed by atoms with van der Waals surface area (Å²) >= 11 is 0. The zero-order chi connectivity index (χ0) is 19.1. The first-order chi connectivity index (χ1) is 12.9. The summed E-state index contributed by atoms with van der Waals surface area (Å²) in [6, 6.07) is 10.6. The van der Waals surface area contributed by atoms with Gasteiger partial charge in [0.05, 0.1) is 6.04 Å². The van der Waals surface area contributed by atoms with Gasteiger partial charge in [0.25, 0.3) is 0 Å². The van der Waals surface area contributed by atoms with Crippen LogP contribution in [0.25, 0.3) is 0 Å². The fourth-order valence-corrected chi connectivity index (χ4v) is 4.06. The van der Waals surface area contributed by atoms with Gasteiger partial charge >= 0.3 is 0 Å². The smallest absolute Gasteiger partial charge is 0.226 e. The quantitative estimate of drug-likeness (QED) is 0.604. The van der Waals surface area contributed by atoms with Gasteiger partial charge in [-0.05, 0) is 48.2 Å². The van der Waals surface area contributed by atoms with E-state index in [9.17, 15) is 15.0 Å².